The lowest BCUT2D eigenvalue weighted by molar-refractivity contribution is -0.137. The Morgan fingerprint density at radius 1 is 0.905 bits per heavy atom. The van der Waals surface area contributed by atoms with E-state index in [0.717, 1.165) is 29.7 Å². The minimum Gasteiger partial charge on any atom is -0.317 e. The molecule has 2 rings (SSSR count). The Kier molecular flexibility index (Phi) is 4.68. The van der Waals surface area contributed by atoms with Crippen molar-refractivity contribution in [3.8, 4) is 11.1 Å². The van der Waals surface area contributed by atoms with Gasteiger partial charge in [0, 0.05) is 6.04 Å². The van der Waals surface area contributed by atoms with E-state index in [2.05, 4.69) is 12.2 Å². The first-order valence-electron chi connectivity index (χ1n) is 6.84. The molecule has 112 valence electrons. The third kappa shape index (κ3) is 4.08. The van der Waals surface area contributed by atoms with E-state index in [1.165, 1.54) is 17.7 Å². The molecule has 0 spiro atoms. The van der Waals surface area contributed by atoms with Crippen LogP contribution >= 0.6 is 0 Å². The highest BCUT2D eigenvalue weighted by molar-refractivity contribution is 5.64. The van der Waals surface area contributed by atoms with Gasteiger partial charge in [-0.15, -0.1) is 0 Å². The monoisotopic (exact) mass is 293 g/mol. The fourth-order valence-electron chi connectivity index (χ4n) is 2.14. The summed E-state index contributed by atoms with van der Waals surface area (Å²) in [4.78, 5) is 0. The summed E-state index contributed by atoms with van der Waals surface area (Å²) in [5.74, 6) is 0. The Labute approximate surface area is 122 Å². The Morgan fingerprint density at radius 3 is 1.81 bits per heavy atom. The van der Waals surface area contributed by atoms with Crippen LogP contribution in [-0.2, 0) is 12.6 Å². The number of benzene rings is 2. The summed E-state index contributed by atoms with van der Waals surface area (Å²) in [7, 11) is 1.92. The molecule has 1 nitrogen and oxygen atoms in total. The fraction of sp³-hybridized carbons (Fsp3) is 0.294. The maximum absolute atomic E-state index is 12.5. The van der Waals surface area contributed by atoms with Crippen LogP contribution in [0.2, 0.25) is 0 Å². The van der Waals surface area contributed by atoms with Gasteiger partial charge in [-0.1, -0.05) is 36.4 Å². The number of halogens is 3. The van der Waals surface area contributed by atoms with Gasteiger partial charge in [0.25, 0.3) is 0 Å². The zero-order valence-corrected chi connectivity index (χ0v) is 12.0. The topological polar surface area (TPSA) is 12.0 Å². The summed E-state index contributed by atoms with van der Waals surface area (Å²) in [5.41, 5.74) is 2.29. The van der Waals surface area contributed by atoms with E-state index in [9.17, 15) is 13.2 Å². The third-order valence-corrected chi connectivity index (χ3v) is 3.53. The van der Waals surface area contributed by atoms with E-state index >= 15 is 0 Å². The number of alkyl halides is 3. The molecular weight excluding hydrogens is 275 g/mol. The van der Waals surface area contributed by atoms with Gasteiger partial charge in [-0.2, -0.15) is 13.2 Å². The largest absolute Gasteiger partial charge is 0.416 e. The molecule has 2 aromatic rings. The van der Waals surface area contributed by atoms with Gasteiger partial charge in [-0.05, 0) is 49.2 Å². The van der Waals surface area contributed by atoms with Crippen LogP contribution in [0, 0.1) is 0 Å². The van der Waals surface area contributed by atoms with Crippen LogP contribution in [0.15, 0.2) is 48.5 Å². The SMILES string of the molecule is CNC(C)Cc1ccc(-c2ccc(C(F)(F)F)cc2)cc1. The van der Waals surface area contributed by atoms with Crippen molar-refractivity contribution in [3.63, 3.8) is 0 Å². The smallest absolute Gasteiger partial charge is 0.317 e. The number of nitrogens with one attached hydrogen (secondary N) is 1. The number of likely N-dealkylation sites (N-methyl/N-ethyl adjacent to an activating group) is 1. The minimum absolute atomic E-state index is 0.391. The molecule has 1 unspecified atom stereocenters. The van der Waals surface area contributed by atoms with Crippen molar-refractivity contribution in [2.45, 2.75) is 25.6 Å². The molecule has 0 radical (unpaired) electrons. The van der Waals surface area contributed by atoms with Gasteiger partial charge in [-0.3, -0.25) is 0 Å². The summed E-state index contributed by atoms with van der Waals surface area (Å²) < 4.78 is 37.6. The number of hydrogen-bond acceptors (Lipinski definition) is 1. The van der Waals surface area contributed by atoms with Crippen LogP contribution in [0.3, 0.4) is 0 Å². The first-order chi connectivity index (χ1) is 9.90. The summed E-state index contributed by atoms with van der Waals surface area (Å²) in [5, 5.41) is 3.17. The van der Waals surface area contributed by atoms with E-state index in [1.54, 1.807) is 0 Å². The Bertz CT molecular complexity index is 570. The molecule has 1 atom stereocenters. The summed E-state index contributed by atoms with van der Waals surface area (Å²) in [6.45, 7) is 2.10. The highest BCUT2D eigenvalue weighted by Crippen LogP contribution is 2.31. The molecule has 0 saturated heterocycles. The van der Waals surface area contributed by atoms with Gasteiger partial charge >= 0.3 is 6.18 Å². The molecule has 0 bridgehead atoms. The molecule has 0 heterocycles. The molecule has 1 N–H and O–H groups in total. The second kappa shape index (κ2) is 6.31. The Hall–Kier alpha value is -1.81. The lowest BCUT2D eigenvalue weighted by Crippen LogP contribution is -2.23. The Morgan fingerprint density at radius 2 is 1.38 bits per heavy atom. The summed E-state index contributed by atoms with van der Waals surface area (Å²) >= 11 is 0. The normalized spacial score (nSPS) is 13.2. The van der Waals surface area contributed by atoms with Crippen LogP contribution in [0.4, 0.5) is 13.2 Å². The maximum atomic E-state index is 12.5. The van der Waals surface area contributed by atoms with E-state index < -0.39 is 11.7 Å². The average molecular weight is 293 g/mol. The number of hydrogen-bond donors (Lipinski definition) is 1. The highest BCUT2D eigenvalue weighted by Gasteiger charge is 2.29. The molecule has 21 heavy (non-hydrogen) atoms. The molecule has 0 aliphatic carbocycles. The predicted molar refractivity (Wildman–Crippen MR) is 79.1 cm³/mol. The standard InChI is InChI=1S/C17H18F3N/c1-12(21-2)11-13-3-5-14(6-4-13)15-7-9-16(10-8-15)17(18,19)20/h3-10,12,21H,11H2,1-2H3. The molecule has 4 heteroatoms. The van der Waals surface area contributed by atoms with Crippen molar-refractivity contribution in [3.05, 3.63) is 59.7 Å². The van der Waals surface area contributed by atoms with Gasteiger partial charge in [-0.25, -0.2) is 0 Å². The van der Waals surface area contributed by atoms with Crippen LogP contribution in [0.1, 0.15) is 18.1 Å². The molecule has 0 aliphatic heterocycles. The molecular formula is C17H18F3N. The van der Waals surface area contributed by atoms with Crippen molar-refractivity contribution in [1.29, 1.82) is 0 Å². The van der Waals surface area contributed by atoms with Gasteiger partial charge < -0.3 is 5.32 Å². The minimum atomic E-state index is -4.29. The van der Waals surface area contributed by atoms with Crippen molar-refractivity contribution >= 4 is 0 Å². The van der Waals surface area contributed by atoms with Crippen LogP contribution < -0.4 is 5.32 Å². The van der Waals surface area contributed by atoms with Crippen molar-refractivity contribution < 1.29 is 13.2 Å². The zero-order chi connectivity index (χ0) is 15.5. The fourth-order valence-corrected chi connectivity index (χ4v) is 2.14. The molecule has 0 saturated carbocycles. The first-order valence-corrected chi connectivity index (χ1v) is 6.84. The lowest BCUT2D eigenvalue weighted by atomic mass is 10.0. The van der Waals surface area contributed by atoms with Crippen LogP contribution in [0.5, 0.6) is 0 Å². The van der Waals surface area contributed by atoms with Gasteiger partial charge in [0.05, 0.1) is 5.56 Å². The molecule has 0 aromatic heterocycles. The van der Waals surface area contributed by atoms with Crippen molar-refractivity contribution in [2.75, 3.05) is 7.05 Å². The van der Waals surface area contributed by atoms with E-state index in [0.29, 0.717) is 6.04 Å². The lowest BCUT2D eigenvalue weighted by Gasteiger charge is -2.11. The van der Waals surface area contributed by atoms with Gasteiger partial charge in [0.2, 0.25) is 0 Å². The quantitative estimate of drug-likeness (QED) is 0.873. The van der Waals surface area contributed by atoms with E-state index in [4.69, 9.17) is 0 Å². The van der Waals surface area contributed by atoms with Crippen molar-refractivity contribution in [2.24, 2.45) is 0 Å². The molecule has 0 amide bonds. The predicted octanol–water partition coefficient (Wildman–Crippen LogP) is 4.52. The van der Waals surface area contributed by atoms with Crippen molar-refractivity contribution in [1.82, 2.24) is 5.32 Å². The maximum Gasteiger partial charge on any atom is 0.416 e. The Balaban J connectivity index is 2.15. The van der Waals surface area contributed by atoms with Gasteiger partial charge in [0.1, 0.15) is 0 Å². The first kappa shape index (κ1) is 15.6. The molecule has 0 aliphatic rings. The van der Waals surface area contributed by atoms with Crippen LogP contribution in [-0.4, -0.2) is 13.1 Å². The average Bonchev–Trinajstić information content (AvgIpc) is 2.47. The highest BCUT2D eigenvalue weighted by atomic mass is 19.4. The molecule has 2 aromatic carbocycles. The molecule has 0 fully saturated rings. The van der Waals surface area contributed by atoms with E-state index in [1.807, 2.05) is 31.3 Å². The second-order valence-electron chi connectivity index (χ2n) is 5.17. The summed E-state index contributed by atoms with van der Waals surface area (Å²) in [6, 6.07) is 13.6. The van der Waals surface area contributed by atoms with E-state index in [-0.39, 0.29) is 0 Å². The second-order valence-corrected chi connectivity index (χ2v) is 5.17. The van der Waals surface area contributed by atoms with Gasteiger partial charge in [0.15, 0.2) is 0 Å². The number of rotatable bonds is 4. The third-order valence-electron chi connectivity index (χ3n) is 3.53. The van der Waals surface area contributed by atoms with Crippen LogP contribution in [0.25, 0.3) is 11.1 Å². The zero-order valence-electron chi connectivity index (χ0n) is 12.0. The summed E-state index contributed by atoms with van der Waals surface area (Å²) in [6.07, 6.45) is -3.37.